The van der Waals surface area contributed by atoms with Gasteiger partial charge < -0.3 is 10.2 Å². The van der Waals surface area contributed by atoms with E-state index >= 15 is 0 Å². The van der Waals surface area contributed by atoms with E-state index in [0.29, 0.717) is 6.42 Å². The largest absolute Gasteiger partial charge is 0.481 e. The summed E-state index contributed by atoms with van der Waals surface area (Å²) in [6, 6.07) is 0. The van der Waals surface area contributed by atoms with Crippen LogP contribution < -0.4 is 0 Å². The zero-order chi connectivity index (χ0) is 11.3. The molecule has 2 N–H and O–H groups in total. The van der Waals surface area contributed by atoms with Crippen molar-refractivity contribution in [3.8, 4) is 0 Å². The quantitative estimate of drug-likeness (QED) is 0.689. The molecule has 0 spiro atoms. The van der Waals surface area contributed by atoms with E-state index < -0.39 is 17.9 Å². The highest BCUT2D eigenvalue weighted by atomic mass is 16.4. The molecule has 0 rings (SSSR count). The number of carboxylic acid groups (broad SMARTS) is 2. The van der Waals surface area contributed by atoms with Crippen LogP contribution in [0.3, 0.4) is 0 Å². The smallest absolute Gasteiger partial charge is 0.306 e. The fraction of sp³-hybridized carbons (Fsp3) is 0.800. The fourth-order valence-electron chi connectivity index (χ4n) is 1.56. The zero-order valence-electron chi connectivity index (χ0n) is 8.86. The summed E-state index contributed by atoms with van der Waals surface area (Å²) in [7, 11) is 0. The fourth-order valence-corrected chi connectivity index (χ4v) is 1.56. The highest BCUT2D eigenvalue weighted by molar-refractivity contribution is 5.70. The molecule has 0 aliphatic rings. The lowest BCUT2D eigenvalue weighted by Gasteiger charge is -2.24. The maximum Gasteiger partial charge on any atom is 0.306 e. The number of hydrogen-bond donors (Lipinski definition) is 2. The minimum Gasteiger partial charge on any atom is -0.481 e. The predicted octanol–water partition coefficient (Wildman–Crippen LogP) is 1.84. The standard InChI is InChI=1S/C10H18O4/c1-4-8(5-9(11)12)6(2)7(3)10(13)14/h6-8H,4-5H2,1-3H3,(H,11,12)(H,13,14). The van der Waals surface area contributed by atoms with E-state index in [0.717, 1.165) is 0 Å². The monoisotopic (exact) mass is 202 g/mol. The van der Waals surface area contributed by atoms with Crippen LogP contribution in [-0.4, -0.2) is 22.2 Å². The van der Waals surface area contributed by atoms with E-state index in [9.17, 15) is 9.59 Å². The molecule has 0 radical (unpaired) electrons. The van der Waals surface area contributed by atoms with Crippen LogP contribution in [-0.2, 0) is 9.59 Å². The van der Waals surface area contributed by atoms with Gasteiger partial charge in [-0.05, 0) is 11.8 Å². The average Bonchev–Trinajstić information content (AvgIpc) is 2.11. The van der Waals surface area contributed by atoms with Crippen molar-refractivity contribution in [2.45, 2.75) is 33.6 Å². The first-order chi connectivity index (χ1) is 6.40. The van der Waals surface area contributed by atoms with Crippen LogP contribution in [0.2, 0.25) is 0 Å². The summed E-state index contributed by atoms with van der Waals surface area (Å²) in [6.07, 6.45) is 0.750. The van der Waals surface area contributed by atoms with Crippen LogP contribution in [0.15, 0.2) is 0 Å². The van der Waals surface area contributed by atoms with Crippen molar-refractivity contribution in [3.05, 3.63) is 0 Å². The number of aliphatic carboxylic acids is 2. The van der Waals surface area contributed by atoms with Crippen molar-refractivity contribution in [1.82, 2.24) is 0 Å². The second kappa shape index (κ2) is 5.62. The van der Waals surface area contributed by atoms with Crippen LogP contribution in [0, 0.1) is 17.8 Å². The van der Waals surface area contributed by atoms with Gasteiger partial charge in [-0.3, -0.25) is 9.59 Å². The topological polar surface area (TPSA) is 74.6 Å². The maximum absolute atomic E-state index is 10.7. The van der Waals surface area contributed by atoms with Crippen molar-refractivity contribution in [1.29, 1.82) is 0 Å². The van der Waals surface area contributed by atoms with Crippen LogP contribution in [0.1, 0.15) is 33.6 Å². The summed E-state index contributed by atoms with van der Waals surface area (Å²) in [6.45, 7) is 5.31. The van der Waals surface area contributed by atoms with E-state index in [4.69, 9.17) is 10.2 Å². The van der Waals surface area contributed by atoms with Crippen LogP contribution in [0.5, 0.6) is 0 Å². The second-order valence-corrected chi connectivity index (χ2v) is 3.75. The molecule has 0 saturated carbocycles. The van der Waals surface area contributed by atoms with Crippen LogP contribution in [0.25, 0.3) is 0 Å². The highest BCUT2D eigenvalue weighted by Crippen LogP contribution is 2.26. The minimum absolute atomic E-state index is 0.0509. The van der Waals surface area contributed by atoms with Gasteiger partial charge in [0.2, 0.25) is 0 Å². The van der Waals surface area contributed by atoms with Gasteiger partial charge in [0, 0.05) is 6.42 Å². The number of rotatable bonds is 6. The van der Waals surface area contributed by atoms with Crippen molar-refractivity contribution in [3.63, 3.8) is 0 Å². The molecule has 0 aromatic heterocycles. The molecule has 82 valence electrons. The van der Waals surface area contributed by atoms with E-state index in [1.807, 2.05) is 6.92 Å². The van der Waals surface area contributed by atoms with E-state index in [1.54, 1.807) is 13.8 Å². The van der Waals surface area contributed by atoms with E-state index in [1.165, 1.54) is 0 Å². The molecule has 0 aliphatic carbocycles. The summed E-state index contributed by atoms with van der Waals surface area (Å²) in [4.78, 5) is 21.2. The third-order valence-corrected chi connectivity index (χ3v) is 2.88. The lowest BCUT2D eigenvalue weighted by molar-refractivity contribution is -0.145. The molecule has 0 bridgehead atoms. The number of hydrogen-bond acceptors (Lipinski definition) is 2. The highest BCUT2D eigenvalue weighted by Gasteiger charge is 2.27. The van der Waals surface area contributed by atoms with Crippen LogP contribution in [0.4, 0.5) is 0 Å². The van der Waals surface area contributed by atoms with Gasteiger partial charge in [0.25, 0.3) is 0 Å². The Morgan fingerprint density at radius 3 is 2.00 bits per heavy atom. The SMILES string of the molecule is CCC(CC(=O)O)C(C)C(C)C(=O)O. The Morgan fingerprint density at radius 2 is 1.71 bits per heavy atom. The molecule has 0 heterocycles. The Hall–Kier alpha value is -1.06. The minimum atomic E-state index is -0.860. The summed E-state index contributed by atoms with van der Waals surface area (Å²) in [5.41, 5.74) is 0. The van der Waals surface area contributed by atoms with Crippen molar-refractivity contribution in [2.75, 3.05) is 0 Å². The first-order valence-corrected chi connectivity index (χ1v) is 4.84. The van der Waals surface area contributed by atoms with E-state index in [2.05, 4.69) is 0 Å². The molecule has 4 heteroatoms. The molecule has 0 fully saturated rings. The summed E-state index contributed by atoms with van der Waals surface area (Å²) in [5, 5.41) is 17.4. The molecule has 3 unspecified atom stereocenters. The third kappa shape index (κ3) is 3.77. The molecular formula is C10H18O4. The summed E-state index contributed by atoms with van der Waals surface area (Å²) >= 11 is 0. The molecular weight excluding hydrogens is 184 g/mol. The van der Waals surface area contributed by atoms with Gasteiger partial charge in [0.05, 0.1) is 5.92 Å². The van der Waals surface area contributed by atoms with Gasteiger partial charge in [-0.2, -0.15) is 0 Å². The molecule has 3 atom stereocenters. The average molecular weight is 202 g/mol. The Morgan fingerprint density at radius 1 is 1.21 bits per heavy atom. The molecule has 0 aromatic rings. The molecule has 0 amide bonds. The van der Waals surface area contributed by atoms with Crippen molar-refractivity contribution >= 4 is 11.9 Å². The summed E-state index contributed by atoms with van der Waals surface area (Å²) in [5.74, 6) is -2.37. The Balaban J connectivity index is 4.36. The van der Waals surface area contributed by atoms with Gasteiger partial charge in [0.15, 0.2) is 0 Å². The molecule has 0 aliphatic heterocycles. The first-order valence-electron chi connectivity index (χ1n) is 4.84. The maximum atomic E-state index is 10.7. The molecule has 0 saturated heterocycles. The van der Waals surface area contributed by atoms with Gasteiger partial charge in [-0.1, -0.05) is 27.2 Å². The Labute approximate surface area is 83.9 Å². The first kappa shape index (κ1) is 12.9. The van der Waals surface area contributed by atoms with Crippen LogP contribution >= 0.6 is 0 Å². The lowest BCUT2D eigenvalue weighted by Crippen LogP contribution is -2.26. The number of carboxylic acids is 2. The van der Waals surface area contributed by atoms with Gasteiger partial charge in [0.1, 0.15) is 0 Å². The predicted molar refractivity (Wildman–Crippen MR) is 52.0 cm³/mol. The van der Waals surface area contributed by atoms with Gasteiger partial charge >= 0.3 is 11.9 Å². The zero-order valence-corrected chi connectivity index (χ0v) is 8.86. The van der Waals surface area contributed by atoms with Gasteiger partial charge in [-0.25, -0.2) is 0 Å². The Kier molecular flexibility index (Phi) is 5.20. The van der Waals surface area contributed by atoms with Crippen molar-refractivity contribution in [2.24, 2.45) is 17.8 Å². The molecule has 14 heavy (non-hydrogen) atoms. The lowest BCUT2D eigenvalue weighted by atomic mass is 9.80. The van der Waals surface area contributed by atoms with Crippen molar-refractivity contribution < 1.29 is 19.8 Å². The summed E-state index contributed by atoms with van der Waals surface area (Å²) < 4.78 is 0. The molecule has 4 nitrogen and oxygen atoms in total. The van der Waals surface area contributed by atoms with E-state index in [-0.39, 0.29) is 18.3 Å². The number of carbonyl (C=O) groups is 2. The van der Waals surface area contributed by atoms with Gasteiger partial charge in [-0.15, -0.1) is 0 Å². The second-order valence-electron chi connectivity index (χ2n) is 3.75. The Bertz CT molecular complexity index is 212. The third-order valence-electron chi connectivity index (χ3n) is 2.88. The molecule has 0 aromatic carbocycles. The normalized spacial score (nSPS) is 17.1.